The fraction of sp³-hybridized carbons (Fsp3) is 0.929. The number of carbonyl (C=O) groups excluding carboxylic acids is 1. The molecule has 1 saturated heterocycles. The SMILES string of the molecule is CC.CC1(NC(=O)N2CC(OC(C)(C)C)C2)CC1. The first-order valence-corrected chi connectivity index (χ1v) is 7.02. The van der Waals surface area contributed by atoms with E-state index < -0.39 is 0 Å². The van der Waals surface area contributed by atoms with Gasteiger partial charge in [-0.25, -0.2) is 4.79 Å². The molecule has 1 N–H and O–H groups in total. The first kappa shape index (κ1) is 15.3. The van der Waals surface area contributed by atoms with E-state index in [2.05, 4.69) is 12.2 Å². The lowest BCUT2D eigenvalue weighted by Gasteiger charge is -2.42. The van der Waals surface area contributed by atoms with Crippen molar-refractivity contribution >= 4 is 6.03 Å². The maximum Gasteiger partial charge on any atom is 0.317 e. The van der Waals surface area contributed by atoms with E-state index in [-0.39, 0.29) is 23.3 Å². The molecular formula is C14H28N2O2. The van der Waals surface area contributed by atoms with Crippen molar-refractivity contribution in [2.45, 2.75) is 71.6 Å². The van der Waals surface area contributed by atoms with Gasteiger partial charge in [-0.1, -0.05) is 13.8 Å². The van der Waals surface area contributed by atoms with Crippen LogP contribution in [0.3, 0.4) is 0 Å². The molecule has 2 aliphatic rings. The maximum atomic E-state index is 11.8. The second-order valence-electron chi connectivity index (χ2n) is 6.25. The molecule has 0 radical (unpaired) electrons. The van der Waals surface area contributed by atoms with Crippen molar-refractivity contribution in [1.29, 1.82) is 0 Å². The van der Waals surface area contributed by atoms with E-state index in [0.29, 0.717) is 0 Å². The minimum Gasteiger partial charge on any atom is -0.369 e. The summed E-state index contributed by atoms with van der Waals surface area (Å²) in [4.78, 5) is 13.6. The number of hydrogen-bond acceptors (Lipinski definition) is 2. The summed E-state index contributed by atoms with van der Waals surface area (Å²) in [6.07, 6.45) is 2.42. The van der Waals surface area contributed by atoms with Crippen molar-refractivity contribution in [3.8, 4) is 0 Å². The van der Waals surface area contributed by atoms with Gasteiger partial charge in [-0.15, -0.1) is 0 Å². The molecule has 4 nitrogen and oxygen atoms in total. The number of nitrogens with zero attached hydrogens (tertiary/aromatic N) is 1. The summed E-state index contributed by atoms with van der Waals surface area (Å²) in [6, 6.07) is 0.0637. The predicted octanol–water partition coefficient (Wildman–Crippen LogP) is 2.77. The molecule has 1 heterocycles. The molecule has 0 bridgehead atoms. The molecule has 1 saturated carbocycles. The van der Waals surface area contributed by atoms with Crippen LogP contribution in [-0.2, 0) is 4.74 Å². The van der Waals surface area contributed by atoms with Crippen LogP contribution in [0, 0.1) is 0 Å². The standard InChI is InChI=1S/C12H22N2O2.C2H6/c1-11(2,3)16-9-7-14(8-9)10(15)13-12(4)5-6-12;1-2/h9H,5-8H2,1-4H3,(H,13,15);1-2H3. The van der Waals surface area contributed by atoms with Gasteiger partial charge in [0.2, 0.25) is 0 Å². The fourth-order valence-electron chi connectivity index (χ4n) is 1.83. The molecule has 1 aliphatic heterocycles. The van der Waals surface area contributed by atoms with Crippen LogP contribution in [-0.4, -0.2) is 41.3 Å². The monoisotopic (exact) mass is 256 g/mol. The van der Waals surface area contributed by atoms with Crippen LogP contribution in [0.15, 0.2) is 0 Å². The Kier molecular flexibility index (Phi) is 4.65. The second kappa shape index (κ2) is 5.47. The third kappa shape index (κ3) is 4.48. The van der Waals surface area contributed by atoms with Crippen molar-refractivity contribution in [2.24, 2.45) is 0 Å². The van der Waals surface area contributed by atoms with E-state index in [0.717, 1.165) is 25.9 Å². The van der Waals surface area contributed by atoms with E-state index in [1.165, 1.54) is 0 Å². The number of rotatable bonds is 2. The van der Waals surface area contributed by atoms with Gasteiger partial charge in [0.25, 0.3) is 0 Å². The molecule has 106 valence electrons. The molecule has 0 aromatic rings. The summed E-state index contributed by atoms with van der Waals surface area (Å²) in [6.45, 7) is 13.7. The number of carbonyl (C=O) groups is 1. The molecule has 0 spiro atoms. The van der Waals surface area contributed by atoms with E-state index in [1.807, 2.05) is 39.5 Å². The Hall–Kier alpha value is -0.770. The summed E-state index contributed by atoms with van der Waals surface area (Å²) in [5, 5.41) is 3.05. The van der Waals surface area contributed by atoms with Crippen LogP contribution >= 0.6 is 0 Å². The highest BCUT2D eigenvalue weighted by Crippen LogP contribution is 2.34. The molecule has 0 aromatic heterocycles. The van der Waals surface area contributed by atoms with Gasteiger partial charge in [0.05, 0.1) is 24.8 Å². The molecule has 0 unspecified atom stereocenters. The fourth-order valence-corrected chi connectivity index (χ4v) is 1.83. The Morgan fingerprint density at radius 3 is 2.17 bits per heavy atom. The molecule has 1 aliphatic carbocycles. The third-order valence-corrected chi connectivity index (χ3v) is 3.06. The summed E-state index contributed by atoms with van der Waals surface area (Å²) in [5.74, 6) is 0. The highest BCUT2D eigenvalue weighted by atomic mass is 16.5. The largest absolute Gasteiger partial charge is 0.369 e. The Labute approximate surface area is 111 Å². The van der Waals surface area contributed by atoms with Gasteiger partial charge in [0.1, 0.15) is 0 Å². The highest BCUT2D eigenvalue weighted by Gasteiger charge is 2.42. The first-order valence-electron chi connectivity index (χ1n) is 7.02. The number of urea groups is 1. The van der Waals surface area contributed by atoms with E-state index in [1.54, 1.807) is 0 Å². The zero-order valence-corrected chi connectivity index (χ0v) is 12.7. The zero-order chi connectivity index (χ0) is 14.0. The molecule has 18 heavy (non-hydrogen) atoms. The van der Waals surface area contributed by atoms with Gasteiger partial charge >= 0.3 is 6.03 Å². The quantitative estimate of drug-likeness (QED) is 0.825. The van der Waals surface area contributed by atoms with Crippen LogP contribution in [0.5, 0.6) is 0 Å². The molecule has 2 rings (SSSR count). The van der Waals surface area contributed by atoms with Crippen LogP contribution < -0.4 is 5.32 Å². The normalized spacial score (nSPS) is 21.6. The zero-order valence-electron chi connectivity index (χ0n) is 12.7. The summed E-state index contributed by atoms with van der Waals surface area (Å²) >= 11 is 0. The van der Waals surface area contributed by atoms with Gasteiger partial charge < -0.3 is 15.0 Å². The number of likely N-dealkylation sites (tertiary alicyclic amines) is 1. The minimum absolute atomic E-state index is 0.0637. The van der Waals surface area contributed by atoms with Crippen molar-refractivity contribution in [2.75, 3.05) is 13.1 Å². The molecule has 4 heteroatoms. The van der Waals surface area contributed by atoms with Gasteiger partial charge in [-0.3, -0.25) is 0 Å². The van der Waals surface area contributed by atoms with Crippen LogP contribution in [0.1, 0.15) is 54.4 Å². The lowest BCUT2D eigenvalue weighted by Crippen LogP contribution is -2.60. The van der Waals surface area contributed by atoms with Crippen LogP contribution in [0.25, 0.3) is 0 Å². The smallest absolute Gasteiger partial charge is 0.317 e. The lowest BCUT2D eigenvalue weighted by atomic mass is 10.1. The summed E-state index contributed by atoms with van der Waals surface area (Å²) in [7, 11) is 0. The second-order valence-corrected chi connectivity index (χ2v) is 6.25. The van der Waals surface area contributed by atoms with Gasteiger partial charge in [-0.2, -0.15) is 0 Å². The molecule has 0 aromatic carbocycles. The number of hydrogen-bond donors (Lipinski definition) is 1. The van der Waals surface area contributed by atoms with E-state index >= 15 is 0 Å². The Morgan fingerprint density at radius 2 is 1.78 bits per heavy atom. The first-order chi connectivity index (χ1) is 8.27. The molecular weight excluding hydrogens is 228 g/mol. The van der Waals surface area contributed by atoms with E-state index in [9.17, 15) is 4.79 Å². The van der Waals surface area contributed by atoms with Gasteiger partial charge in [0, 0.05) is 5.54 Å². The van der Waals surface area contributed by atoms with Crippen molar-refractivity contribution in [3.63, 3.8) is 0 Å². The molecule has 0 atom stereocenters. The molecule has 2 fully saturated rings. The Balaban J connectivity index is 0.000000771. The highest BCUT2D eigenvalue weighted by molar-refractivity contribution is 5.76. The molecule has 2 amide bonds. The predicted molar refractivity (Wildman–Crippen MR) is 73.7 cm³/mol. The third-order valence-electron chi connectivity index (χ3n) is 3.06. The van der Waals surface area contributed by atoms with Crippen molar-refractivity contribution in [3.05, 3.63) is 0 Å². The average molecular weight is 256 g/mol. The van der Waals surface area contributed by atoms with Crippen LogP contribution in [0.4, 0.5) is 4.79 Å². The van der Waals surface area contributed by atoms with Crippen LogP contribution in [0.2, 0.25) is 0 Å². The maximum absolute atomic E-state index is 11.8. The summed E-state index contributed by atoms with van der Waals surface area (Å²) < 4.78 is 5.78. The average Bonchev–Trinajstić information content (AvgIpc) is 2.90. The Morgan fingerprint density at radius 1 is 1.28 bits per heavy atom. The summed E-state index contributed by atoms with van der Waals surface area (Å²) in [5.41, 5.74) is -0.0389. The number of amides is 2. The lowest BCUT2D eigenvalue weighted by molar-refractivity contribution is -0.111. The van der Waals surface area contributed by atoms with Gasteiger partial charge in [-0.05, 0) is 40.5 Å². The minimum atomic E-state index is -0.115. The van der Waals surface area contributed by atoms with Crippen molar-refractivity contribution in [1.82, 2.24) is 10.2 Å². The van der Waals surface area contributed by atoms with E-state index in [4.69, 9.17) is 4.74 Å². The van der Waals surface area contributed by atoms with Crippen molar-refractivity contribution < 1.29 is 9.53 Å². The topological polar surface area (TPSA) is 41.6 Å². The van der Waals surface area contributed by atoms with Gasteiger partial charge in [0.15, 0.2) is 0 Å². The number of ether oxygens (including phenoxy) is 1. The number of nitrogens with one attached hydrogen (secondary N) is 1. The Bertz CT molecular complexity index is 287.